The van der Waals surface area contributed by atoms with Gasteiger partial charge in [0.15, 0.2) is 0 Å². The molecule has 0 aliphatic heterocycles. The topological polar surface area (TPSA) is 52.9 Å². The summed E-state index contributed by atoms with van der Waals surface area (Å²) in [5.41, 5.74) is 0. The molecule has 0 heterocycles. The van der Waals surface area contributed by atoms with Gasteiger partial charge in [-0.05, 0) is 25.7 Å². The maximum atomic E-state index is 9.42. The number of hydrogen-bond acceptors (Lipinski definition) is 4. The number of aliphatic hydroxyl groups is 2. The summed E-state index contributed by atoms with van der Waals surface area (Å²) in [5.74, 6) is 0. The molecule has 0 aromatic rings. The molecule has 4 nitrogen and oxygen atoms in total. The molecule has 2 N–H and O–H groups in total. The summed E-state index contributed by atoms with van der Waals surface area (Å²) in [6.45, 7) is 2.49. The molecule has 0 radical (unpaired) electrons. The zero-order valence-electron chi connectivity index (χ0n) is 9.56. The first kappa shape index (κ1) is 12.9. The van der Waals surface area contributed by atoms with Crippen LogP contribution in [0, 0.1) is 0 Å². The Bertz CT molecular complexity index is 158. The summed E-state index contributed by atoms with van der Waals surface area (Å²) in [4.78, 5) is 2.27. The molecule has 0 aromatic carbocycles. The van der Waals surface area contributed by atoms with Gasteiger partial charge >= 0.3 is 0 Å². The van der Waals surface area contributed by atoms with Gasteiger partial charge in [0.25, 0.3) is 0 Å². The lowest BCUT2D eigenvalue weighted by Crippen LogP contribution is -2.42. The number of methoxy groups -OCH3 is 1. The Morgan fingerprint density at radius 2 is 1.87 bits per heavy atom. The number of nitrogens with zero attached hydrogens (tertiary/aromatic N) is 1. The van der Waals surface area contributed by atoms with E-state index >= 15 is 0 Å². The van der Waals surface area contributed by atoms with Crippen molar-refractivity contribution in [3.63, 3.8) is 0 Å². The minimum absolute atomic E-state index is 0.111. The third-order valence-corrected chi connectivity index (χ3v) is 3.15. The minimum Gasteiger partial charge on any atom is -0.395 e. The van der Waals surface area contributed by atoms with Crippen LogP contribution in [0.15, 0.2) is 0 Å². The molecule has 90 valence electrons. The van der Waals surface area contributed by atoms with Gasteiger partial charge in [-0.1, -0.05) is 0 Å². The van der Waals surface area contributed by atoms with Gasteiger partial charge in [-0.25, -0.2) is 0 Å². The highest BCUT2D eigenvalue weighted by atomic mass is 16.5. The van der Waals surface area contributed by atoms with Crippen LogP contribution in [-0.4, -0.2) is 60.7 Å². The van der Waals surface area contributed by atoms with Crippen molar-refractivity contribution in [3.8, 4) is 0 Å². The molecule has 0 saturated heterocycles. The monoisotopic (exact) mass is 217 g/mol. The van der Waals surface area contributed by atoms with Crippen molar-refractivity contribution in [2.45, 2.75) is 37.8 Å². The Kier molecular flexibility index (Phi) is 6.17. The van der Waals surface area contributed by atoms with Crippen LogP contribution >= 0.6 is 0 Å². The van der Waals surface area contributed by atoms with E-state index < -0.39 is 0 Å². The fourth-order valence-corrected chi connectivity index (χ4v) is 2.24. The first-order valence-corrected chi connectivity index (χ1v) is 5.79. The molecule has 1 fully saturated rings. The van der Waals surface area contributed by atoms with Crippen LogP contribution in [0.3, 0.4) is 0 Å². The molecule has 1 saturated carbocycles. The first-order chi connectivity index (χ1) is 7.27. The van der Waals surface area contributed by atoms with E-state index in [9.17, 15) is 5.11 Å². The highest BCUT2D eigenvalue weighted by Gasteiger charge is 2.24. The van der Waals surface area contributed by atoms with Gasteiger partial charge in [-0.2, -0.15) is 0 Å². The molecule has 0 atom stereocenters. The molecule has 1 rings (SSSR count). The molecule has 0 bridgehead atoms. The zero-order valence-corrected chi connectivity index (χ0v) is 9.56. The Labute approximate surface area is 91.8 Å². The van der Waals surface area contributed by atoms with E-state index in [4.69, 9.17) is 9.84 Å². The standard InChI is InChI=1S/C11H23NO3/c1-15-9-7-12(6-8-13)10-2-4-11(14)5-3-10/h10-11,13-14H,2-9H2,1H3. The van der Waals surface area contributed by atoms with E-state index in [0.717, 1.165) is 32.2 Å². The molecular weight excluding hydrogens is 194 g/mol. The SMILES string of the molecule is COCCN(CCO)C1CCC(O)CC1. The molecule has 1 aliphatic carbocycles. The molecule has 0 unspecified atom stereocenters. The van der Waals surface area contributed by atoms with Gasteiger partial charge < -0.3 is 14.9 Å². The van der Waals surface area contributed by atoms with Crippen LogP contribution in [0.2, 0.25) is 0 Å². The Morgan fingerprint density at radius 1 is 1.20 bits per heavy atom. The van der Waals surface area contributed by atoms with Crippen molar-refractivity contribution in [2.75, 3.05) is 33.4 Å². The molecule has 0 amide bonds. The van der Waals surface area contributed by atoms with Gasteiger partial charge in [0, 0.05) is 26.2 Å². The number of hydrogen-bond donors (Lipinski definition) is 2. The first-order valence-electron chi connectivity index (χ1n) is 5.79. The van der Waals surface area contributed by atoms with Gasteiger partial charge in [0.2, 0.25) is 0 Å². The third kappa shape index (κ3) is 4.47. The second kappa shape index (κ2) is 7.17. The van der Waals surface area contributed by atoms with E-state index in [0.29, 0.717) is 19.2 Å². The van der Waals surface area contributed by atoms with Crippen molar-refractivity contribution in [3.05, 3.63) is 0 Å². The smallest absolute Gasteiger partial charge is 0.0589 e. The fraction of sp³-hybridized carbons (Fsp3) is 1.00. The van der Waals surface area contributed by atoms with Crippen LogP contribution in [-0.2, 0) is 4.74 Å². The van der Waals surface area contributed by atoms with E-state index in [1.165, 1.54) is 0 Å². The Balaban J connectivity index is 2.33. The lowest BCUT2D eigenvalue weighted by molar-refractivity contribution is 0.0499. The second-order valence-corrected chi connectivity index (χ2v) is 4.21. The highest BCUT2D eigenvalue weighted by molar-refractivity contribution is 4.79. The predicted octanol–water partition coefficient (Wildman–Crippen LogP) is 0.231. The third-order valence-electron chi connectivity index (χ3n) is 3.15. The predicted molar refractivity (Wildman–Crippen MR) is 58.8 cm³/mol. The molecule has 0 aromatic heterocycles. The quantitative estimate of drug-likeness (QED) is 0.669. The van der Waals surface area contributed by atoms with E-state index in [1.807, 2.05) is 0 Å². The van der Waals surface area contributed by atoms with E-state index in [2.05, 4.69) is 4.90 Å². The Morgan fingerprint density at radius 3 is 2.40 bits per heavy atom. The van der Waals surface area contributed by atoms with E-state index in [1.54, 1.807) is 7.11 Å². The van der Waals surface area contributed by atoms with Gasteiger partial charge in [-0.3, -0.25) is 4.90 Å². The van der Waals surface area contributed by atoms with Gasteiger partial charge in [0.05, 0.1) is 19.3 Å². The zero-order chi connectivity index (χ0) is 11.1. The summed E-state index contributed by atoms with van der Waals surface area (Å²) in [6.07, 6.45) is 3.73. The van der Waals surface area contributed by atoms with Gasteiger partial charge in [-0.15, -0.1) is 0 Å². The average molecular weight is 217 g/mol. The summed E-state index contributed by atoms with van der Waals surface area (Å²) in [6, 6.07) is 0.510. The maximum Gasteiger partial charge on any atom is 0.0589 e. The number of aliphatic hydroxyl groups excluding tert-OH is 2. The second-order valence-electron chi connectivity index (χ2n) is 4.21. The summed E-state index contributed by atoms with van der Waals surface area (Å²) < 4.78 is 5.06. The van der Waals surface area contributed by atoms with Crippen molar-refractivity contribution in [2.24, 2.45) is 0 Å². The molecule has 1 aliphatic rings. The molecule has 0 spiro atoms. The van der Waals surface area contributed by atoms with Crippen LogP contribution in [0.5, 0.6) is 0 Å². The average Bonchev–Trinajstić information content (AvgIpc) is 2.25. The van der Waals surface area contributed by atoms with E-state index in [-0.39, 0.29) is 12.7 Å². The molecule has 4 heteroatoms. The Hall–Kier alpha value is -0.160. The molecular formula is C11H23NO3. The summed E-state index contributed by atoms with van der Waals surface area (Å²) in [5, 5.41) is 18.4. The van der Waals surface area contributed by atoms with Crippen LogP contribution < -0.4 is 0 Å². The summed E-state index contributed by atoms with van der Waals surface area (Å²) >= 11 is 0. The van der Waals surface area contributed by atoms with Crippen molar-refractivity contribution in [1.29, 1.82) is 0 Å². The molecule has 15 heavy (non-hydrogen) atoms. The number of rotatable bonds is 6. The van der Waals surface area contributed by atoms with Crippen LogP contribution in [0.25, 0.3) is 0 Å². The fourth-order valence-electron chi connectivity index (χ4n) is 2.24. The van der Waals surface area contributed by atoms with Crippen LogP contribution in [0.4, 0.5) is 0 Å². The lowest BCUT2D eigenvalue weighted by Gasteiger charge is -2.35. The van der Waals surface area contributed by atoms with Crippen molar-refractivity contribution in [1.82, 2.24) is 4.90 Å². The highest BCUT2D eigenvalue weighted by Crippen LogP contribution is 2.22. The van der Waals surface area contributed by atoms with Gasteiger partial charge in [0.1, 0.15) is 0 Å². The number of ether oxygens (including phenoxy) is 1. The largest absolute Gasteiger partial charge is 0.395 e. The normalized spacial score (nSPS) is 27.2. The summed E-state index contributed by atoms with van der Waals surface area (Å²) in [7, 11) is 1.70. The maximum absolute atomic E-state index is 9.42. The minimum atomic E-state index is -0.111. The lowest BCUT2D eigenvalue weighted by atomic mass is 9.92. The van der Waals surface area contributed by atoms with Crippen molar-refractivity contribution < 1.29 is 14.9 Å². The van der Waals surface area contributed by atoms with Crippen molar-refractivity contribution >= 4 is 0 Å². The van der Waals surface area contributed by atoms with Crippen LogP contribution in [0.1, 0.15) is 25.7 Å².